The van der Waals surface area contributed by atoms with E-state index in [1.165, 1.54) is 7.11 Å². The third-order valence-corrected chi connectivity index (χ3v) is 2.95. The van der Waals surface area contributed by atoms with Crippen LogP contribution in [0.5, 0.6) is 0 Å². The molecular formula is C15H16F2N2O3. The number of carbonyl (C=O) groups is 2. The molecule has 22 heavy (non-hydrogen) atoms. The van der Waals surface area contributed by atoms with Crippen LogP contribution >= 0.6 is 0 Å². The van der Waals surface area contributed by atoms with Gasteiger partial charge in [0.1, 0.15) is 17.7 Å². The Morgan fingerprint density at radius 1 is 1.27 bits per heavy atom. The molecule has 1 N–H and O–H groups in total. The van der Waals surface area contributed by atoms with E-state index in [2.05, 4.69) is 10.1 Å². The molecule has 5 nitrogen and oxygen atoms in total. The summed E-state index contributed by atoms with van der Waals surface area (Å²) in [5.41, 5.74) is -0.219. The van der Waals surface area contributed by atoms with Crippen LogP contribution in [0.25, 0.3) is 0 Å². The van der Waals surface area contributed by atoms with Crippen LogP contribution in [0.15, 0.2) is 18.2 Å². The van der Waals surface area contributed by atoms with E-state index < -0.39 is 29.6 Å². The smallest absolute Gasteiger partial charge is 0.328 e. The molecule has 0 saturated heterocycles. The molecule has 0 unspecified atom stereocenters. The van der Waals surface area contributed by atoms with Gasteiger partial charge in [0.25, 0.3) is 5.91 Å². The number of amides is 1. The van der Waals surface area contributed by atoms with Crippen molar-refractivity contribution in [1.82, 2.24) is 5.32 Å². The highest BCUT2D eigenvalue weighted by Crippen LogP contribution is 2.10. The maximum absolute atomic E-state index is 13.1. The molecule has 1 rings (SSSR count). The van der Waals surface area contributed by atoms with Crippen LogP contribution in [0.2, 0.25) is 0 Å². The van der Waals surface area contributed by atoms with Gasteiger partial charge in [0.15, 0.2) is 0 Å². The largest absolute Gasteiger partial charge is 0.467 e. The van der Waals surface area contributed by atoms with Gasteiger partial charge < -0.3 is 10.1 Å². The highest BCUT2D eigenvalue weighted by atomic mass is 19.1. The summed E-state index contributed by atoms with van der Waals surface area (Å²) >= 11 is 0. The lowest BCUT2D eigenvalue weighted by molar-refractivity contribution is -0.143. The van der Waals surface area contributed by atoms with Gasteiger partial charge in [0, 0.05) is 18.1 Å². The Bertz CT molecular complexity index is 564. The lowest BCUT2D eigenvalue weighted by atomic mass is 10.1. The van der Waals surface area contributed by atoms with E-state index in [1.54, 1.807) is 0 Å². The van der Waals surface area contributed by atoms with Crippen molar-refractivity contribution in [1.29, 1.82) is 5.26 Å². The molecular weight excluding hydrogens is 294 g/mol. The van der Waals surface area contributed by atoms with E-state index in [1.807, 2.05) is 6.07 Å². The topological polar surface area (TPSA) is 79.2 Å². The first-order valence-corrected chi connectivity index (χ1v) is 6.69. The molecule has 0 aliphatic rings. The molecule has 0 aliphatic heterocycles. The number of nitrogens with one attached hydrogen (secondary N) is 1. The summed E-state index contributed by atoms with van der Waals surface area (Å²) in [4.78, 5) is 23.6. The summed E-state index contributed by atoms with van der Waals surface area (Å²) in [5, 5.41) is 10.8. The van der Waals surface area contributed by atoms with Gasteiger partial charge in [-0.25, -0.2) is 13.6 Å². The van der Waals surface area contributed by atoms with Crippen LogP contribution in [-0.4, -0.2) is 25.0 Å². The Morgan fingerprint density at radius 2 is 1.91 bits per heavy atom. The Kier molecular flexibility index (Phi) is 6.96. The molecule has 1 atom stereocenters. The maximum Gasteiger partial charge on any atom is 0.328 e. The number of esters is 1. The third kappa shape index (κ3) is 5.48. The van der Waals surface area contributed by atoms with Crippen molar-refractivity contribution in [3.05, 3.63) is 35.4 Å². The van der Waals surface area contributed by atoms with E-state index in [9.17, 15) is 18.4 Å². The van der Waals surface area contributed by atoms with Gasteiger partial charge in [-0.1, -0.05) is 0 Å². The summed E-state index contributed by atoms with van der Waals surface area (Å²) in [7, 11) is 1.18. The maximum atomic E-state index is 13.1. The highest BCUT2D eigenvalue weighted by Gasteiger charge is 2.22. The van der Waals surface area contributed by atoms with E-state index in [0.717, 1.165) is 12.1 Å². The molecule has 0 radical (unpaired) electrons. The van der Waals surface area contributed by atoms with Gasteiger partial charge in [-0.3, -0.25) is 4.79 Å². The number of hydrogen-bond acceptors (Lipinski definition) is 4. The monoisotopic (exact) mass is 310 g/mol. The second-order valence-electron chi connectivity index (χ2n) is 4.61. The minimum Gasteiger partial charge on any atom is -0.467 e. The van der Waals surface area contributed by atoms with Crippen molar-refractivity contribution in [2.75, 3.05) is 7.11 Å². The van der Waals surface area contributed by atoms with Gasteiger partial charge in [0.05, 0.1) is 13.2 Å². The summed E-state index contributed by atoms with van der Waals surface area (Å²) in [6, 6.07) is 3.45. The molecule has 118 valence electrons. The van der Waals surface area contributed by atoms with Gasteiger partial charge in [-0.05, 0) is 31.4 Å². The standard InChI is InChI=1S/C15H16F2N2O3/c1-22-15(21)13(5-3-2-4-6-18)19-14(20)10-7-11(16)9-12(17)8-10/h7-9,13H,2-5H2,1H3,(H,19,20)/t13-/m0/s1. The van der Waals surface area contributed by atoms with Crippen molar-refractivity contribution in [3.8, 4) is 6.07 Å². The number of unbranched alkanes of at least 4 members (excludes halogenated alkanes) is 2. The lowest BCUT2D eigenvalue weighted by Crippen LogP contribution is -2.41. The number of nitriles is 1. The van der Waals surface area contributed by atoms with Crippen molar-refractivity contribution < 1.29 is 23.1 Å². The van der Waals surface area contributed by atoms with Crippen molar-refractivity contribution >= 4 is 11.9 Å². The fraction of sp³-hybridized carbons (Fsp3) is 0.400. The summed E-state index contributed by atoms with van der Waals surface area (Å²) in [6.45, 7) is 0. The zero-order valence-corrected chi connectivity index (χ0v) is 12.1. The Balaban J connectivity index is 2.73. The fourth-order valence-electron chi connectivity index (χ4n) is 1.87. The zero-order chi connectivity index (χ0) is 16.5. The Labute approximate surface area is 126 Å². The second kappa shape index (κ2) is 8.72. The first-order valence-electron chi connectivity index (χ1n) is 6.69. The van der Waals surface area contributed by atoms with Crippen molar-refractivity contribution in [3.63, 3.8) is 0 Å². The molecule has 0 fully saturated rings. The highest BCUT2D eigenvalue weighted by molar-refractivity contribution is 5.96. The molecule has 7 heteroatoms. The molecule has 0 aromatic heterocycles. The number of halogens is 2. The zero-order valence-electron chi connectivity index (χ0n) is 12.1. The average molecular weight is 310 g/mol. The van der Waals surface area contributed by atoms with E-state index in [-0.39, 0.29) is 12.0 Å². The molecule has 1 amide bonds. The number of rotatable bonds is 7. The van der Waals surface area contributed by atoms with Gasteiger partial charge in [-0.15, -0.1) is 0 Å². The summed E-state index contributed by atoms with van der Waals surface area (Å²) in [5.74, 6) is -3.18. The first-order chi connectivity index (χ1) is 10.5. The molecule has 0 bridgehead atoms. The fourth-order valence-corrected chi connectivity index (χ4v) is 1.87. The van der Waals surface area contributed by atoms with Gasteiger partial charge in [0.2, 0.25) is 0 Å². The van der Waals surface area contributed by atoms with Gasteiger partial charge >= 0.3 is 5.97 Å². The number of methoxy groups -OCH3 is 1. The number of ether oxygens (including phenoxy) is 1. The van der Waals surface area contributed by atoms with Gasteiger partial charge in [-0.2, -0.15) is 5.26 Å². The number of nitrogens with zero attached hydrogens (tertiary/aromatic N) is 1. The van der Waals surface area contributed by atoms with E-state index >= 15 is 0 Å². The second-order valence-corrected chi connectivity index (χ2v) is 4.61. The van der Waals surface area contributed by atoms with Crippen molar-refractivity contribution in [2.45, 2.75) is 31.7 Å². The van der Waals surface area contributed by atoms with Crippen LogP contribution in [0, 0.1) is 23.0 Å². The SMILES string of the molecule is COC(=O)[C@H](CCCCC#N)NC(=O)c1cc(F)cc(F)c1. The Hall–Kier alpha value is -2.49. The average Bonchev–Trinajstić information content (AvgIpc) is 2.48. The third-order valence-electron chi connectivity index (χ3n) is 2.95. The Morgan fingerprint density at radius 3 is 2.45 bits per heavy atom. The first kappa shape index (κ1) is 17.6. The van der Waals surface area contributed by atoms with Crippen LogP contribution in [0.1, 0.15) is 36.0 Å². The predicted molar refractivity (Wildman–Crippen MR) is 73.7 cm³/mol. The molecule has 1 aromatic rings. The molecule has 0 heterocycles. The number of hydrogen-bond donors (Lipinski definition) is 1. The van der Waals surface area contributed by atoms with Crippen LogP contribution in [-0.2, 0) is 9.53 Å². The summed E-state index contributed by atoms with van der Waals surface area (Å²) in [6.07, 6.45) is 1.73. The molecule has 0 saturated carbocycles. The minimum absolute atomic E-state index is 0.219. The predicted octanol–water partition coefficient (Wildman–Crippen LogP) is 2.32. The number of carbonyl (C=O) groups excluding carboxylic acids is 2. The van der Waals surface area contributed by atoms with E-state index in [4.69, 9.17) is 5.26 Å². The van der Waals surface area contributed by atoms with Crippen LogP contribution in [0.3, 0.4) is 0 Å². The minimum atomic E-state index is -0.928. The van der Waals surface area contributed by atoms with Crippen LogP contribution < -0.4 is 5.32 Å². The normalized spacial score (nSPS) is 11.4. The quantitative estimate of drug-likeness (QED) is 0.619. The summed E-state index contributed by atoms with van der Waals surface area (Å²) < 4.78 is 30.8. The van der Waals surface area contributed by atoms with E-state index in [0.29, 0.717) is 25.3 Å². The lowest BCUT2D eigenvalue weighted by Gasteiger charge is -2.16. The number of benzene rings is 1. The van der Waals surface area contributed by atoms with Crippen LogP contribution in [0.4, 0.5) is 8.78 Å². The van der Waals surface area contributed by atoms with Crippen molar-refractivity contribution in [2.24, 2.45) is 0 Å². The molecule has 0 aliphatic carbocycles. The molecule has 0 spiro atoms. The molecule has 1 aromatic carbocycles.